The Morgan fingerprint density at radius 3 is 2.87 bits per heavy atom. The second-order valence-electron chi connectivity index (χ2n) is 2.89. The molecule has 0 saturated carbocycles. The largest absolute Gasteiger partial charge is 0.349 e. The summed E-state index contributed by atoms with van der Waals surface area (Å²) in [6, 6.07) is 6.27. The molecular weight excluding hydrogens is 193 g/mol. The topological polar surface area (TPSA) is 29.1 Å². The molecule has 0 spiro atoms. The van der Waals surface area contributed by atoms with E-state index in [1.165, 1.54) is 18.2 Å². The van der Waals surface area contributed by atoms with E-state index in [-0.39, 0.29) is 11.7 Å². The van der Waals surface area contributed by atoms with E-state index in [2.05, 4.69) is 11.9 Å². The Morgan fingerprint density at radius 1 is 1.47 bits per heavy atom. The molecule has 1 aromatic rings. The molecule has 0 aliphatic heterocycles. The van der Waals surface area contributed by atoms with Gasteiger partial charge in [-0.15, -0.1) is 6.58 Å². The maximum atomic E-state index is 13.1. The molecule has 0 bridgehead atoms. The summed E-state index contributed by atoms with van der Waals surface area (Å²) >= 11 is 0. The van der Waals surface area contributed by atoms with Crippen LogP contribution in [0, 0.1) is 5.82 Å². The van der Waals surface area contributed by atoms with E-state index in [9.17, 15) is 9.18 Å². The zero-order valence-corrected chi connectivity index (χ0v) is 8.24. The van der Waals surface area contributed by atoms with E-state index in [0.717, 1.165) is 0 Å². The third-order valence-electron chi connectivity index (χ3n) is 1.74. The highest BCUT2D eigenvalue weighted by atomic mass is 19.1. The predicted octanol–water partition coefficient (Wildman–Crippen LogP) is 2.14. The van der Waals surface area contributed by atoms with Crippen molar-refractivity contribution in [3.05, 3.63) is 54.4 Å². The summed E-state index contributed by atoms with van der Waals surface area (Å²) in [6.45, 7) is 3.87. The van der Waals surface area contributed by atoms with Crippen LogP contribution in [0.2, 0.25) is 0 Å². The van der Waals surface area contributed by atoms with Crippen molar-refractivity contribution in [2.45, 2.75) is 0 Å². The molecule has 1 N–H and O–H groups in total. The molecule has 0 saturated heterocycles. The standard InChI is InChI=1S/C12H12FNO/c1-2-9-14-12(15)8-7-10-5-3-4-6-11(10)13/h2-8H,1,9H2,(H,14,15). The maximum absolute atomic E-state index is 13.1. The van der Waals surface area contributed by atoms with Crippen LogP contribution in [-0.4, -0.2) is 12.5 Å². The monoisotopic (exact) mass is 205 g/mol. The van der Waals surface area contributed by atoms with Crippen LogP contribution < -0.4 is 5.32 Å². The number of rotatable bonds is 4. The molecule has 0 aliphatic carbocycles. The quantitative estimate of drug-likeness (QED) is 0.592. The maximum Gasteiger partial charge on any atom is 0.244 e. The van der Waals surface area contributed by atoms with Crippen molar-refractivity contribution >= 4 is 12.0 Å². The van der Waals surface area contributed by atoms with Crippen molar-refractivity contribution in [3.8, 4) is 0 Å². The highest BCUT2D eigenvalue weighted by Crippen LogP contribution is 2.07. The summed E-state index contributed by atoms with van der Waals surface area (Å²) in [7, 11) is 0. The van der Waals surface area contributed by atoms with Crippen molar-refractivity contribution in [1.29, 1.82) is 0 Å². The molecule has 15 heavy (non-hydrogen) atoms. The first kappa shape index (κ1) is 11.2. The Labute approximate surface area is 88.1 Å². The number of nitrogens with one attached hydrogen (secondary N) is 1. The van der Waals surface area contributed by atoms with Gasteiger partial charge >= 0.3 is 0 Å². The minimum absolute atomic E-state index is 0.266. The molecule has 78 valence electrons. The third-order valence-corrected chi connectivity index (χ3v) is 1.74. The Kier molecular flexibility index (Phi) is 4.29. The average Bonchev–Trinajstić information content (AvgIpc) is 2.25. The first-order valence-corrected chi connectivity index (χ1v) is 4.55. The number of hydrogen-bond acceptors (Lipinski definition) is 1. The molecule has 1 amide bonds. The zero-order chi connectivity index (χ0) is 11.1. The summed E-state index contributed by atoms with van der Waals surface area (Å²) in [4.78, 5) is 11.1. The zero-order valence-electron chi connectivity index (χ0n) is 8.24. The second-order valence-corrected chi connectivity index (χ2v) is 2.89. The Hall–Kier alpha value is -1.90. The summed E-state index contributed by atoms with van der Waals surface area (Å²) in [5.41, 5.74) is 0.395. The van der Waals surface area contributed by atoms with Gasteiger partial charge in [0.2, 0.25) is 5.91 Å². The molecule has 1 aromatic carbocycles. The highest BCUT2D eigenvalue weighted by Gasteiger charge is 1.96. The van der Waals surface area contributed by atoms with Gasteiger partial charge in [-0.1, -0.05) is 24.3 Å². The lowest BCUT2D eigenvalue weighted by Gasteiger charge is -1.96. The van der Waals surface area contributed by atoms with Crippen molar-refractivity contribution in [2.75, 3.05) is 6.54 Å². The summed E-state index contributed by atoms with van der Waals surface area (Å²) < 4.78 is 13.1. The fourth-order valence-corrected chi connectivity index (χ4v) is 1.01. The minimum atomic E-state index is -0.342. The number of halogens is 1. The fourth-order valence-electron chi connectivity index (χ4n) is 1.01. The molecule has 0 radical (unpaired) electrons. The van der Waals surface area contributed by atoms with Gasteiger partial charge in [-0.25, -0.2) is 4.39 Å². The number of amides is 1. The summed E-state index contributed by atoms with van der Waals surface area (Å²) in [5.74, 6) is -0.608. The normalized spacial score (nSPS) is 10.2. The van der Waals surface area contributed by atoms with Gasteiger partial charge in [-0.2, -0.15) is 0 Å². The number of hydrogen-bond donors (Lipinski definition) is 1. The number of carbonyl (C=O) groups is 1. The van der Waals surface area contributed by atoms with Crippen LogP contribution in [0.5, 0.6) is 0 Å². The van der Waals surface area contributed by atoms with Gasteiger partial charge < -0.3 is 5.32 Å². The van der Waals surface area contributed by atoms with Crippen molar-refractivity contribution < 1.29 is 9.18 Å². The van der Waals surface area contributed by atoms with E-state index < -0.39 is 0 Å². The van der Waals surface area contributed by atoms with E-state index in [4.69, 9.17) is 0 Å². The lowest BCUT2D eigenvalue weighted by molar-refractivity contribution is -0.116. The lowest BCUT2D eigenvalue weighted by atomic mass is 10.2. The number of benzene rings is 1. The van der Waals surface area contributed by atoms with Crippen LogP contribution in [0.25, 0.3) is 6.08 Å². The van der Waals surface area contributed by atoms with Gasteiger partial charge in [0.15, 0.2) is 0 Å². The van der Waals surface area contributed by atoms with Gasteiger partial charge in [0.25, 0.3) is 0 Å². The number of carbonyl (C=O) groups excluding carboxylic acids is 1. The predicted molar refractivity (Wildman–Crippen MR) is 58.6 cm³/mol. The molecule has 0 heterocycles. The molecule has 0 aliphatic rings. The Bertz CT molecular complexity index is 385. The Balaban J connectivity index is 2.61. The van der Waals surface area contributed by atoms with Crippen molar-refractivity contribution in [2.24, 2.45) is 0 Å². The molecule has 0 fully saturated rings. The minimum Gasteiger partial charge on any atom is -0.349 e. The van der Waals surface area contributed by atoms with E-state index in [0.29, 0.717) is 12.1 Å². The summed E-state index contributed by atoms with van der Waals surface area (Å²) in [5, 5.41) is 2.56. The van der Waals surface area contributed by atoms with Crippen LogP contribution in [0.4, 0.5) is 4.39 Å². The van der Waals surface area contributed by atoms with Gasteiger partial charge in [0.1, 0.15) is 5.82 Å². The van der Waals surface area contributed by atoms with Gasteiger partial charge in [-0.05, 0) is 12.1 Å². The van der Waals surface area contributed by atoms with Gasteiger partial charge in [0, 0.05) is 18.2 Å². The second kappa shape index (κ2) is 5.75. The molecule has 0 aromatic heterocycles. The van der Waals surface area contributed by atoms with E-state index in [1.807, 2.05) is 0 Å². The van der Waals surface area contributed by atoms with Gasteiger partial charge in [0.05, 0.1) is 0 Å². The lowest BCUT2D eigenvalue weighted by Crippen LogP contribution is -2.20. The van der Waals surface area contributed by atoms with Crippen LogP contribution in [-0.2, 0) is 4.79 Å². The SMILES string of the molecule is C=CCNC(=O)C=Cc1ccccc1F. The van der Waals surface area contributed by atoms with E-state index in [1.54, 1.807) is 24.3 Å². The van der Waals surface area contributed by atoms with E-state index >= 15 is 0 Å². The van der Waals surface area contributed by atoms with Crippen LogP contribution in [0.3, 0.4) is 0 Å². The Morgan fingerprint density at radius 2 is 2.20 bits per heavy atom. The average molecular weight is 205 g/mol. The summed E-state index contributed by atoms with van der Waals surface area (Å²) in [6.07, 6.45) is 4.31. The highest BCUT2D eigenvalue weighted by molar-refractivity contribution is 5.91. The van der Waals surface area contributed by atoms with Crippen LogP contribution >= 0.6 is 0 Å². The molecular formula is C12H12FNO. The molecule has 0 atom stereocenters. The first-order valence-electron chi connectivity index (χ1n) is 4.55. The molecule has 2 nitrogen and oxygen atoms in total. The molecule has 1 rings (SSSR count). The first-order chi connectivity index (χ1) is 7.24. The fraction of sp³-hybridized carbons (Fsp3) is 0.0833. The van der Waals surface area contributed by atoms with Crippen LogP contribution in [0.15, 0.2) is 43.0 Å². The third kappa shape index (κ3) is 3.77. The van der Waals surface area contributed by atoms with Crippen LogP contribution in [0.1, 0.15) is 5.56 Å². The molecule has 3 heteroatoms. The van der Waals surface area contributed by atoms with Gasteiger partial charge in [-0.3, -0.25) is 4.79 Å². The smallest absolute Gasteiger partial charge is 0.244 e. The van der Waals surface area contributed by atoms with Crippen molar-refractivity contribution in [1.82, 2.24) is 5.32 Å². The molecule has 0 unspecified atom stereocenters. The van der Waals surface area contributed by atoms with Crippen molar-refractivity contribution in [3.63, 3.8) is 0 Å².